The first kappa shape index (κ1) is 20.2. The first-order chi connectivity index (χ1) is 13.9. The first-order valence-corrected chi connectivity index (χ1v) is 8.89. The molecule has 0 spiro atoms. The van der Waals surface area contributed by atoms with Gasteiger partial charge in [0, 0.05) is 33.6 Å². The number of nitrogens with one attached hydrogen (secondary N) is 2. The fourth-order valence-electron chi connectivity index (χ4n) is 2.44. The Hall–Kier alpha value is -3.51. The molecule has 0 bridgehead atoms. The highest BCUT2D eigenvalue weighted by molar-refractivity contribution is 6.30. The molecule has 2 amide bonds. The van der Waals surface area contributed by atoms with E-state index in [4.69, 9.17) is 11.6 Å². The Balaban J connectivity index is 1.60. The normalized spacial score (nSPS) is 10.7. The van der Waals surface area contributed by atoms with Crippen molar-refractivity contribution < 1.29 is 18.4 Å². The molecule has 0 fully saturated rings. The minimum Gasteiger partial charge on any atom is -0.308 e. The number of hydrogen-bond acceptors (Lipinski definition) is 2. The van der Waals surface area contributed by atoms with Gasteiger partial charge in [-0.1, -0.05) is 11.6 Å². The number of benzene rings is 3. The number of ketones is 1. The second-order valence-electron chi connectivity index (χ2n) is 6.03. The van der Waals surface area contributed by atoms with Gasteiger partial charge >= 0.3 is 6.03 Å². The molecule has 3 aromatic carbocycles. The zero-order valence-corrected chi connectivity index (χ0v) is 15.7. The van der Waals surface area contributed by atoms with Gasteiger partial charge in [-0.2, -0.15) is 0 Å². The Morgan fingerprint density at radius 2 is 1.41 bits per heavy atom. The van der Waals surface area contributed by atoms with E-state index in [0.29, 0.717) is 22.0 Å². The maximum atomic E-state index is 13.6. The standard InChI is InChI=1S/C22H15ClF2N2O2/c23-16-5-10-19(11-6-16)27-22(29)26-18-8-2-15(3-9-18)21(28)12-4-14-1-7-17(24)13-20(14)25/h1-13H,(H2,26,27,29)/b12-4+. The number of carbonyl (C=O) groups is 2. The van der Waals surface area contributed by atoms with Gasteiger partial charge in [0.2, 0.25) is 0 Å². The van der Waals surface area contributed by atoms with Crippen molar-refractivity contribution in [1.29, 1.82) is 0 Å². The van der Waals surface area contributed by atoms with Crippen molar-refractivity contribution in [2.75, 3.05) is 10.6 Å². The first-order valence-electron chi connectivity index (χ1n) is 8.52. The van der Waals surface area contributed by atoms with E-state index in [1.807, 2.05) is 0 Å². The van der Waals surface area contributed by atoms with Crippen molar-refractivity contribution in [2.24, 2.45) is 0 Å². The van der Waals surface area contributed by atoms with E-state index in [1.165, 1.54) is 30.4 Å². The second-order valence-corrected chi connectivity index (χ2v) is 6.46. The Morgan fingerprint density at radius 3 is 2.00 bits per heavy atom. The lowest BCUT2D eigenvalue weighted by Gasteiger charge is -2.08. The lowest BCUT2D eigenvalue weighted by Crippen LogP contribution is -2.19. The van der Waals surface area contributed by atoms with Gasteiger partial charge in [0.25, 0.3) is 0 Å². The average molecular weight is 413 g/mol. The minimum atomic E-state index is -0.750. The highest BCUT2D eigenvalue weighted by atomic mass is 35.5. The van der Waals surface area contributed by atoms with E-state index in [0.717, 1.165) is 12.1 Å². The molecule has 0 radical (unpaired) electrons. The molecule has 0 heterocycles. The van der Waals surface area contributed by atoms with Crippen LogP contribution in [0.15, 0.2) is 72.8 Å². The number of rotatable bonds is 5. The zero-order chi connectivity index (χ0) is 20.8. The Bertz CT molecular complexity index is 1070. The summed E-state index contributed by atoms with van der Waals surface area (Å²) >= 11 is 5.80. The van der Waals surface area contributed by atoms with Crippen molar-refractivity contribution in [3.05, 3.63) is 101 Å². The lowest BCUT2D eigenvalue weighted by atomic mass is 10.1. The van der Waals surface area contributed by atoms with Crippen LogP contribution in [0.1, 0.15) is 15.9 Å². The number of anilines is 2. The summed E-state index contributed by atoms with van der Waals surface area (Å²) < 4.78 is 26.5. The molecule has 0 unspecified atom stereocenters. The van der Waals surface area contributed by atoms with Crippen molar-refractivity contribution in [3.63, 3.8) is 0 Å². The van der Waals surface area contributed by atoms with E-state index in [9.17, 15) is 18.4 Å². The average Bonchev–Trinajstić information content (AvgIpc) is 2.69. The number of halogens is 3. The SMILES string of the molecule is O=C(Nc1ccc(Cl)cc1)Nc1ccc(C(=O)/C=C/c2ccc(F)cc2F)cc1. The molecule has 4 nitrogen and oxygen atoms in total. The summed E-state index contributed by atoms with van der Waals surface area (Å²) in [7, 11) is 0. The van der Waals surface area contributed by atoms with Gasteiger partial charge in [0.05, 0.1) is 0 Å². The molecule has 0 saturated heterocycles. The van der Waals surface area contributed by atoms with Crippen LogP contribution >= 0.6 is 11.6 Å². The maximum absolute atomic E-state index is 13.6. The van der Waals surface area contributed by atoms with Crippen LogP contribution in [0, 0.1) is 11.6 Å². The van der Waals surface area contributed by atoms with E-state index < -0.39 is 17.7 Å². The molecular weight excluding hydrogens is 398 g/mol. The summed E-state index contributed by atoms with van der Waals surface area (Å²) in [5.41, 5.74) is 1.53. The smallest absolute Gasteiger partial charge is 0.308 e. The van der Waals surface area contributed by atoms with E-state index in [1.54, 1.807) is 36.4 Å². The maximum Gasteiger partial charge on any atom is 0.323 e. The van der Waals surface area contributed by atoms with Gasteiger partial charge < -0.3 is 10.6 Å². The van der Waals surface area contributed by atoms with Crippen LogP contribution in [0.2, 0.25) is 5.02 Å². The predicted octanol–water partition coefficient (Wildman–Crippen LogP) is 6.16. The Kier molecular flexibility index (Phi) is 6.36. The molecule has 0 aliphatic carbocycles. The van der Waals surface area contributed by atoms with E-state index in [-0.39, 0.29) is 11.3 Å². The highest BCUT2D eigenvalue weighted by Crippen LogP contribution is 2.16. The van der Waals surface area contributed by atoms with Crippen molar-refractivity contribution in [3.8, 4) is 0 Å². The highest BCUT2D eigenvalue weighted by Gasteiger charge is 2.06. The topological polar surface area (TPSA) is 58.2 Å². The molecule has 0 atom stereocenters. The summed E-state index contributed by atoms with van der Waals surface area (Å²) in [5, 5.41) is 5.86. The number of allylic oxidation sites excluding steroid dienone is 1. The third-order valence-corrected chi connectivity index (χ3v) is 4.16. The van der Waals surface area contributed by atoms with Crippen LogP contribution in [0.25, 0.3) is 6.08 Å². The summed E-state index contributed by atoms with van der Waals surface area (Å²) in [6.45, 7) is 0. The van der Waals surface area contributed by atoms with Gasteiger partial charge in [-0.05, 0) is 72.8 Å². The molecule has 3 rings (SSSR count). The third kappa shape index (κ3) is 5.73. The largest absolute Gasteiger partial charge is 0.323 e. The van der Waals surface area contributed by atoms with Gasteiger partial charge in [-0.25, -0.2) is 13.6 Å². The lowest BCUT2D eigenvalue weighted by molar-refractivity contribution is 0.104. The quantitative estimate of drug-likeness (QED) is 0.389. The van der Waals surface area contributed by atoms with Crippen LogP contribution in [0.4, 0.5) is 25.0 Å². The molecule has 146 valence electrons. The summed E-state index contributed by atoms with van der Waals surface area (Å²) in [6.07, 6.45) is 2.48. The third-order valence-electron chi connectivity index (χ3n) is 3.91. The van der Waals surface area contributed by atoms with Crippen LogP contribution in [-0.2, 0) is 0 Å². The molecule has 0 aliphatic heterocycles. The van der Waals surface area contributed by atoms with Crippen LogP contribution in [0.5, 0.6) is 0 Å². The summed E-state index contributed by atoms with van der Waals surface area (Å²) in [6, 6.07) is 15.5. The fourth-order valence-corrected chi connectivity index (χ4v) is 2.57. The van der Waals surface area contributed by atoms with Crippen LogP contribution in [0.3, 0.4) is 0 Å². The molecule has 2 N–H and O–H groups in total. The molecule has 7 heteroatoms. The Labute approximate surface area is 170 Å². The molecule has 0 aromatic heterocycles. The number of amides is 2. The fraction of sp³-hybridized carbons (Fsp3) is 0. The summed E-state index contributed by atoms with van der Waals surface area (Å²) in [4.78, 5) is 24.2. The number of urea groups is 1. The molecular formula is C22H15ClF2N2O2. The van der Waals surface area contributed by atoms with Crippen molar-refractivity contribution >= 4 is 40.9 Å². The Morgan fingerprint density at radius 1 is 0.828 bits per heavy atom. The van der Waals surface area contributed by atoms with Crippen molar-refractivity contribution in [2.45, 2.75) is 0 Å². The van der Waals surface area contributed by atoms with Gasteiger partial charge in [-0.15, -0.1) is 0 Å². The van der Waals surface area contributed by atoms with Crippen molar-refractivity contribution in [1.82, 2.24) is 0 Å². The monoisotopic (exact) mass is 412 g/mol. The van der Waals surface area contributed by atoms with Gasteiger partial charge in [0.1, 0.15) is 11.6 Å². The summed E-state index contributed by atoms with van der Waals surface area (Å²) in [5.74, 6) is -1.79. The molecule has 0 aliphatic rings. The number of hydrogen-bond donors (Lipinski definition) is 2. The van der Waals surface area contributed by atoms with Crippen LogP contribution in [-0.4, -0.2) is 11.8 Å². The molecule has 29 heavy (non-hydrogen) atoms. The molecule has 3 aromatic rings. The second kappa shape index (κ2) is 9.12. The minimum absolute atomic E-state index is 0.108. The van der Waals surface area contributed by atoms with Gasteiger partial charge in [-0.3, -0.25) is 4.79 Å². The van der Waals surface area contributed by atoms with Crippen LogP contribution < -0.4 is 10.6 Å². The van der Waals surface area contributed by atoms with Gasteiger partial charge in [0.15, 0.2) is 5.78 Å². The predicted molar refractivity (Wildman–Crippen MR) is 110 cm³/mol. The van der Waals surface area contributed by atoms with E-state index in [2.05, 4.69) is 10.6 Å². The number of carbonyl (C=O) groups excluding carboxylic acids is 2. The van der Waals surface area contributed by atoms with E-state index >= 15 is 0 Å². The molecule has 0 saturated carbocycles. The zero-order valence-electron chi connectivity index (χ0n) is 15.0.